The summed E-state index contributed by atoms with van der Waals surface area (Å²) in [5.41, 5.74) is 1.55. The lowest BCUT2D eigenvalue weighted by atomic mass is 9.99. The van der Waals surface area contributed by atoms with Gasteiger partial charge in [0.15, 0.2) is 5.65 Å². The highest BCUT2D eigenvalue weighted by Crippen LogP contribution is 2.41. The summed E-state index contributed by atoms with van der Waals surface area (Å²) in [5, 5.41) is 8.87. The van der Waals surface area contributed by atoms with Crippen molar-refractivity contribution < 1.29 is 13.2 Å². The number of aromatic nitrogens is 5. The van der Waals surface area contributed by atoms with E-state index in [0.717, 1.165) is 29.4 Å². The second kappa shape index (κ2) is 6.91. The Morgan fingerprint density at radius 3 is 2.50 bits per heavy atom. The molecule has 1 aliphatic carbocycles. The van der Waals surface area contributed by atoms with Crippen molar-refractivity contribution in [1.29, 1.82) is 0 Å². The quantitative estimate of drug-likeness (QED) is 0.365. The molecule has 5 nitrogen and oxygen atoms in total. The first-order chi connectivity index (χ1) is 15.5. The minimum Gasteiger partial charge on any atom is -0.316 e. The Bertz CT molecular complexity index is 1450. The molecular weight excluding hydrogens is 415 g/mol. The summed E-state index contributed by atoms with van der Waals surface area (Å²) in [6, 6.07) is 12.5. The summed E-state index contributed by atoms with van der Waals surface area (Å²) in [5.74, 6) is 1.09. The Morgan fingerprint density at radius 1 is 0.938 bits per heavy atom. The number of halogens is 3. The van der Waals surface area contributed by atoms with Gasteiger partial charge < -0.3 is 4.57 Å². The first-order valence-electron chi connectivity index (χ1n) is 10.4. The number of nitrogens with zero attached hydrogens (tertiary/aromatic N) is 5. The van der Waals surface area contributed by atoms with Crippen LogP contribution in [0.25, 0.3) is 33.4 Å². The molecule has 5 aromatic rings. The van der Waals surface area contributed by atoms with Gasteiger partial charge in [-0.05, 0) is 66.3 Å². The van der Waals surface area contributed by atoms with Gasteiger partial charge in [-0.3, -0.25) is 9.38 Å². The van der Waals surface area contributed by atoms with Gasteiger partial charge in [-0.1, -0.05) is 6.07 Å². The van der Waals surface area contributed by atoms with E-state index in [4.69, 9.17) is 0 Å². The van der Waals surface area contributed by atoms with E-state index < -0.39 is 11.7 Å². The lowest BCUT2D eigenvalue weighted by molar-refractivity contribution is -0.136. The molecule has 1 fully saturated rings. The predicted octanol–water partition coefficient (Wildman–Crippen LogP) is 5.71. The fraction of sp³-hybridized carbons (Fsp3) is 0.208. The van der Waals surface area contributed by atoms with Crippen molar-refractivity contribution in [2.24, 2.45) is 5.92 Å². The van der Waals surface area contributed by atoms with Crippen LogP contribution in [-0.2, 0) is 12.6 Å². The summed E-state index contributed by atoms with van der Waals surface area (Å²) in [4.78, 5) is 4.03. The van der Waals surface area contributed by atoms with Gasteiger partial charge in [0, 0.05) is 42.3 Å². The molecule has 0 N–H and O–H groups in total. The molecule has 4 heterocycles. The molecule has 0 atom stereocenters. The van der Waals surface area contributed by atoms with Crippen molar-refractivity contribution in [3.8, 4) is 16.8 Å². The molecule has 32 heavy (non-hydrogen) atoms. The molecule has 4 aromatic heterocycles. The number of rotatable bonds is 4. The Morgan fingerprint density at radius 2 is 1.75 bits per heavy atom. The molecule has 160 valence electrons. The van der Waals surface area contributed by atoms with Crippen LogP contribution in [0.3, 0.4) is 0 Å². The third kappa shape index (κ3) is 3.14. The van der Waals surface area contributed by atoms with Gasteiger partial charge in [0.1, 0.15) is 11.4 Å². The minimum atomic E-state index is -4.56. The fourth-order valence-electron chi connectivity index (χ4n) is 4.28. The van der Waals surface area contributed by atoms with Crippen LogP contribution in [0.1, 0.15) is 24.2 Å². The number of benzene rings is 1. The number of hydrogen-bond donors (Lipinski definition) is 0. The van der Waals surface area contributed by atoms with Crippen LogP contribution in [0.15, 0.2) is 67.3 Å². The van der Waals surface area contributed by atoms with Crippen molar-refractivity contribution in [3.63, 3.8) is 0 Å². The summed E-state index contributed by atoms with van der Waals surface area (Å²) >= 11 is 0. The van der Waals surface area contributed by atoms with Crippen molar-refractivity contribution in [2.75, 3.05) is 0 Å². The van der Waals surface area contributed by atoms with Crippen molar-refractivity contribution >= 4 is 16.6 Å². The largest absolute Gasteiger partial charge is 0.420 e. The van der Waals surface area contributed by atoms with Gasteiger partial charge in [0.05, 0.1) is 5.52 Å². The standard InChI is InChI=1S/C24H18F3N5/c25-24(26,27)22-19(8-12-32-21(13-15-1-2-15)29-30-23(22)32)16-3-4-20-17(14-16)7-11-31(20)18-5-9-28-10-6-18/h3-12,14-15H,1-2,13H2. The number of hydrogen-bond acceptors (Lipinski definition) is 3. The second-order valence-corrected chi connectivity index (χ2v) is 8.22. The van der Waals surface area contributed by atoms with E-state index in [1.165, 1.54) is 10.5 Å². The highest BCUT2D eigenvalue weighted by Gasteiger charge is 2.38. The number of pyridine rings is 2. The lowest BCUT2D eigenvalue weighted by Crippen LogP contribution is -2.11. The molecule has 8 heteroatoms. The van der Waals surface area contributed by atoms with Crippen LogP contribution in [-0.4, -0.2) is 24.1 Å². The van der Waals surface area contributed by atoms with Crippen molar-refractivity contribution in [1.82, 2.24) is 24.1 Å². The predicted molar refractivity (Wildman–Crippen MR) is 114 cm³/mol. The Balaban J connectivity index is 1.50. The van der Waals surface area contributed by atoms with Crippen LogP contribution in [0.4, 0.5) is 13.2 Å². The normalized spacial score (nSPS) is 14.5. The Kier molecular flexibility index (Phi) is 4.11. The molecule has 1 aromatic carbocycles. The van der Waals surface area contributed by atoms with Crippen LogP contribution in [0.5, 0.6) is 0 Å². The molecule has 0 amide bonds. The lowest BCUT2D eigenvalue weighted by Gasteiger charge is -2.15. The van der Waals surface area contributed by atoms with Gasteiger partial charge >= 0.3 is 6.18 Å². The van der Waals surface area contributed by atoms with Gasteiger partial charge in [-0.2, -0.15) is 13.2 Å². The van der Waals surface area contributed by atoms with E-state index in [1.54, 1.807) is 30.7 Å². The summed E-state index contributed by atoms with van der Waals surface area (Å²) < 4.78 is 46.1. The van der Waals surface area contributed by atoms with E-state index in [-0.39, 0.29) is 11.2 Å². The maximum Gasteiger partial charge on any atom is 0.420 e. The molecule has 0 spiro atoms. The van der Waals surface area contributed by atoms with Gasteiger partial charge in [-0.15, -0.1) is 10.2 Å². The van der Waals surface area contributed by atoms with Crippen LogP contribution >= 0.6 is 0 Å². The third-order valence-corrected chi connectivity index (χ3v) is 6.04. The second-order valence-electron chi connectivity index (χ2n) is 8.22. The smallest absolute Gasteiger partial charge is 0.316 e. The van der Waals surface area contributed by atoms with Gasteiger partial charge in [0.25, 0.3) is 0 Å². The number of alkyl halides is 3. The van der Waals surface area contributed by atoms with E-state index in [9.17, 15) is 13.2 Å². The molecule has 0 saturated heterocycles. The Hall–Kier alpha value is -3.68. The molecule has 0 radical (unpaired) electrons. The summed E-state index contributed by atoms with van der Waals surface area (Å²) in [6.45, 7) is 0. The van der Waals surface area contributed by atoms with Gasteiger partial charge in [0.2, 0.25) is 0 Å². The maximum absolute atomic E-state index is 14.2. The zero-order valence-electron chi connectivity index (χ0n) is 16.9. The monoisotopic (exact) mass is 433 g/mol. The highest BCUT2D eigenvalue weighted by atomic mass is 19.4. The summed E-state index contributed by atoms with van der Waals surface area (Å²) in [6.07, 6.45) is 5.26. The van der Waals surface area contributed by atoms with Crippen molar-refractivity contribution in [3.05, 3.63) is 78.6 Å². The average Bonchev–Trinajstić information content (AvgIpc) is 3.36. The molecule has 0 aliphatic heterocycles. The van der Waals surface area contributed by atoms with Gasteiger partial charge in [-0.25, -0.2) is 0 Å². The molecule has 6 rings (SSSR count). The highest BCUT2D eigenvalue weighted by molar-refractivity contribution is 5.88. The topological polar surface area (TPSA) is 48.0 Å². The Labute approximate surface area is 181 Å². The van der Waals surface area contributed by atoms with Crippen molar-refractivity contribution in [2.45, 2.75) is 25.4 Å². The zero-order chi connectivity index (χ0) is 21.9. The molecular formula is C24H18F3N5. The van der Waals surface area contributed by atoms with Crippen LogP contribution in [0.2, 0.25) is 0 Å². The fourth-order valence-corrected chi connectivity index (χ4v) is 4.28. The number of fused-ring (bicyclic) bond motifs is 2. The molecule has 0 bridgehead atoms. The summed E-state index contributed by atoms with van der Waals surface area (Å²) in [7, 11) is 0. The SMILES string of the molecule is FC(F)(F)c1c(-c2ccc3c(ccn3-c3ccncc3)c2)ccn2c(CC3CC3)nnc12. The first kappa shape index (κ1) is 19.0. The zero-order valence-corrected chi connectivity index (χ0v) is 16.9. The third-order valence-electron chi connectivity index (χ3n) is 6.04. The first-order valence-corrected chi connectivity index (χ1v) is 10.4. The van der Waals surface area contributed by atoms with E-state index in [0.29, 0.717) is 23.7 Å². The minimum absolute atomic E-state index is 0.105. The van der Waals surface area contributed by atoms with E-state index in [1.807, 2.05) is 35.0 Å². The molecule has 1 saturated carbocycles. The maximum atomic E-state index is 14.2. The van der Waals surface area contributed by atoms with E-state index >= 15 is 0 Å². The molecule has 0 unspecified atom stereocenters. The van der Waals surface area contributed by atoms with Crippen LogP contribution in [0, 0.1) is 5.92 Å². The van der Waals surface area contributed by atoms with E-state index in [2.05, 4.69) is 15.2 Å². The molecule has 1 aliphatic rings. The van der Waals surface area contributed by atoms with Crippen LogP contribution < -0.4 is 0 Å². The average molecular weight is 433 g/mol.